The summed E-state index contributed by atoms with van der Waals surface area (Å²) in [6.45, 7) is 1.37. The average Bonchev–Trinajstić information content (AvgIpc) is 2.66. The Bertz CT molecular complexity index is 549. The van der Waals surface area contributed by atoms with Crippen molar-refractivity contribution in [3.63, 3.8) is 0 Å². The lowest BCUT2D eigenvalue weighted by molar-refractivity contribution is 0.101. The normalized spacial score (nSPS) is 10.4. The fourth-order valence-electron chi connectivity index (χ4n) is 1.33. The largest absolute Gasteiger partial charge is 0.303 e. The van der Waals surface area contributed by atoms with Crippen molar-refractivity contribution < 1.29 is 13.6 Å². The Morgan fingerprint density at radius 2 is 2.12 bits per heavy atom. The van der Waals surface area contributed by atoms with Gasteiger partial charge in [-0.2, -0.15) is 0 Å². The Morgan fingerprint density at radius 1 is 1.38 bits per heavy atom. The number of ketones is 1. The van der Waals surface area contributed by atoms with Gasteiger partial charge in [-0.1, -0.05) is 0 Å². The first-order valence-corrected chi connectivity index (χ1v) is 4.58. The summed E-state index contributed by atoms with van der Waals surface area (Å²) in [5.74, 6) is -1.55. The van der Waals surface area contributed by atoms with E-state index in [-0.39, 0.29) is 17.2 Å². The first kappa shape index (κ1) is 10.5. The second-order valence-corrected chi connectivity index (χ2v) is 3.32. The van der Waals surface area contributed by atoms with Gasteiger partial charge < -0.3 is 4.57 Å². The van der Waals surface area contributed by atoms with E-state index >= 15 is 0 Å². The Balaban J connectivity index is 2.46. The molecule has 3 nitrogen and oxygen atoms in total. The van der Waals surface area contributed by atoms with E-state index in [0.29, 0.717) is 0 Å². The van der Waals surface area contributed by atoms with Gasteiger partial charge in [-0.15, -0.1) is 0 Å². The van der Waals surface area contributed by atoms with Crippen LogP contribution in [0.5, 0.6) is 0 Å². The highest BCUT2D eigenvalue weighted by molar-refractivity contribution is 5.91. The first-order valence-electron chi connectivity index (χ1n) is 4.58. The summed E-state index contributed by atoms with van der Waals surface area (Å²) in [5.41, 5.74) is 0.394. The zero-order chi connectivity index (χ0) is 11.7. The van der Waals surface area contributed by atoms with Crippen LogP contribution in [-0.4, -0.2) is 15.3 Å². The smallest absolute Gasteiger partial charge is 0.179 e. The van der Waals surface area contributed by atoms with E-state index < -0.39 is 11.6 Å². The van der Waals surface area contributed by atoms with E-state index in [1.54, 1.807) is 0 Å². The standard InChI is InChI=1S/C11H8F2N2O/c1-7(16)10-5-15(6-14-10)11-3-2-8(12)4-9(11)13/h2-6H,1H3. The maximum Gasteiger partial charge on any atom is 0.179 e. The van der Waals surface area contributed by atoms with Gasteiger partial charge in [0.25, 0.3) is 0 Å². The van der Waals surface area contributed by atoms with Gasteiger partial charge >= 0.3 is 0 Å². The Hall–Kier alpha value is -2.04. The molecule has 0 aliphatic carbocycles. The molecule has 0 saturated carbocycles. The Morgan fingerprint density at radius 3 is 2.69 bits per heavy atom. The number of hydrogen-bond donors (Lipinski definition) is 0. The molecule has 0 aliphatic heterocycles. The molecule has 2 aromatic rings. The molecule has 16 heavy (non-hydrogen) atoms. The molecule has 1 aromatic heterocycles. The maximum absolute atomic E-state index is 13.4. The van der Waals surface area contributed by atoms with Crippen LogP contribution in [0.25, 0.3) is 5.69 Å². The van der Waals surface area contributed by atoms with Crippen molar-refractivity contribution in [1.29, 1.82) is 0 Å². The van der Waals surface area contributed by atoms with Crippen LogP contribution in [0.4, 0.5) is 8.78 Å². The van der Waals surface area contributed by atoms with E-state index in [2.05, 4.69) is 4.98 Å². The van der Waals surface area contributed by atoms with E-state index in [1.807, 2.05) is 0 Å². The Kier molecular flexibility index (Phi) is 2.52. The van der Waals surface area contributed by atoms with Crippen molar-refractivity contribution in [1.82, 2.24) is 9.55 Å². The van der Waals surface area contributed by atoms with E-state index in [9.17, 15) is 13.6 Å². The van der Waals surface area contributed by atoms with Crippen LogP contribution in [0, 0.1) is 11.6 Å². The molecule has 1 heterocycles. The van der Waals surface area contributed by atoms with Gasteiger partial charge in [0.2, 0.25) is 0 Å². The second kappa shape index (κ2) is 3.84. The highest BCUT2D eigenvalue weighted by Gasteiger charge is 2.08. The van der Waals surface area contributed by atoms with Crippen molar-refractivity contribution in [2.45, 2.75) is 6.92 Å². The van der Waals surface area contributed by atoms with Crippen LogP contribution in [0.3, 0.4) is 0 Å². The molecule has 0 spiro atoms. The SMILES string of the molecule is CC(=O)c1cn(-c2ccc(F)cc2F)cn1. The lowest BCUT2D eigenvalue weighted by Crippen LogP contribution is -1.96. The number of carbonyl (C=O) groups is 1. The van der Waals surface area contributed by atoms with Gasteiger partial charge in [0, 0.05) is 19.2 Å². The molecule has 0 fully saturated rings. The molecule has 0 radical (unpaired) electrons. The summed E-state index contributed by atoms with van der Waals surface area (Å²) < 4.78 is 27.4. The fourth-order valence-corrected chi connectivity index (χ4v) is 1.33. The number of benzene rings is 1. The summed E-state index contributed by atoms with van der Waals surface area (Å²) in [5, 5.41) is 0. The van der Waals surface area contributed by atoms with E-state index in [0.717, 1.165) is 12.1 Å². The zero-order valence-corrected chi connectivity index (χ0v) is 8.45. The molecule has 0 atom stereocenters. The average molecular weight is 222 g/mol. The third-order valence-electron chi connectivity index (χ3n) is 2.13. The van der Waals surface area contributed by atoms with Gasteiger partial charge in [-0.05, 0) is 12.1 Å². The van der Waals surface area contributed by atoms with E-state index in [4.69, 9.17) is 0 Å². The number of Topliss-reactive ketones (excluding diaryl/α,β-unsaturated/α-hetero) is 1. The number of carbonyl (C=O) groups excluding carboxylic acids is 1. The highest BCUT2D eigenvalue weighted by Crippen LogP contribution is 2.15. The van der Waals surface area contributed by atoms with Gasteiger partial charge in [0.1, 0.15) is 23.7 Å². The summed E-state index contributed by atoms with van der Waals surface area (Å²) in [6.07, 6.45) is 2.71. The number of imidazole rings is 1. The molecule has 0 unspecified atom stereocenters. The summed E-state index contributed by atoms with van der Waals surface area (Å²) in [4.78, 5) is 14.8. The molecular weight excluding hydrogens is 214 g/mol. The predicted octanol–water partition coefficient (Wildman–Crippen LogP) is 2.35. The van der Waals surface area contributed by atoms with Crippen LogP contribution in [0.2, 0.25) is 0 Å². The van der Waals surface area contributed by atoms with Crippen LogP contribution in [-0.2, 0) is 0 Å². The third-order valence-corrected chi connectivity index (χ3v) is 2.13. The lowest BCUT2D eigenvalue weighted by atomic mass is 10.3. The monoisotopic (exact) mass is 222 g/mol. The fraction of sp³-hybridized carbons (Fsp3) is 0.0909. The van der Waals surface area contributed by atoms with Crippen molar-refractivity contribution >= 4 is 5.78 Å². The van der Waals surface area contributed by atoms with Crippen LogP contribution in [0.15, 0.2) is 30.7 Å². The van der Waals surface area contributed by atoms with Crippen molar-refractivity contribution in [3.8, 4) is 5.69 Å². The molecule has 2 rings (SSSR count). The number of hydrogen-bond acceptors (Lipinski definition) is 2. The number of aromatic nitrogens is 2. The molecule has 0 bridgehead atoms. The zero-order valence-electron chi connectivity index (χ0n) is 8.45. The molecule has 0 saturated heterocycles. The summed E-state index contributed by atoms with van der Waals surface area (Å²) in [6, 6.07) is 3.21. The molecule has 0 aliphatic rings. The first-order chi connectivity index (χ1) is 7.58. The van der Waals surface area contributed by atoms with Crippen molar-refractivity contribution in [2.75, 3.05) is 0 Å². The summed E-state index contributed by atoms with van der Waals surface area (Å²) >= 11 is 0. The third kappa shape index (κ3) is 1.84. The van der Waals surface area contributed by atoms with Crippen molar-refractivity contribution in [2.24, 2.45) is 0 Å². The van der Waals surface area contributed by atoms with Crippen LogP contribution in [0.1, 0.15) is 17.4 Å². The maximum atomic E-state index is 13.4. The molecule has 1 aromatic carbocycles. The highest BCUT2D eigenvalue weighted by atomic mass is 19.1. The van der Waals surface area contributed by atoms with Gasteiger partial charge in [0.15, 0.2) is 5.78 Å². The molecule has 0 N–H and O–H groups in total. The summed E-state index contributed by atoms with van der Waals surface area (Å²) in [7, 11) is 0. The predicted molar refractivity (Wildman–Crippen MR) is 53.5 cm³/mol. The minimum atomic E-state index is -0.701. The number of nitrogens with zero attached hydrogens (tertiary/aromatic N) is 2. The molecule has 82 valence electrons. The van der Waals surface area contributed by atoms with Gasteiger partial charge in [-0.25, -0.2) is 13.8 Å². The van der Waals surface area contributed by atoms with Crippen molar-refractivity contribution in [3.05, 3.63) is 48.1 Å². The van der Waals surface area contributed by atoms with Gasteiger partial charge in [0.05, 0.1) is 5.69 Å². The number of rotatable bonds is 2. The number of halogens is 2. The van der Waals surface area contributed by atoms with Gasteiger partial charge in [-0.3, -0.25) is 4.79 Å². The molecule has 0 amide bonds. The molecular formula is C11H8F2N2O. The quantitative estimate of drug-likeness (QED) is 0.731. The topological polar surface area (TPSA) is 34.9 Å². The lowest BCUT2D eigenvalue weighted by Gasteiger charge is -2.02. The minimum Gasteiger partial charge on any atom is -0.303 e. The van der Waals surface area contributed by atoms with Crippen LogP contribution >= 0.6 is 0 Å². The second-order valence-electron chi connectivity index (χ2n) is 3.32. The van der Waals surface area contributed by atoms with Crippen LogP contribution < -0.4 is 0 Å². The molecule has 5 heteroatoms. The van der Waals surface area contributed by atoms with E-state index in [1.165, 1.54) is 30.1 Å². The minimum absolute atomic E-state index is 0.154. The Labute approximate surface area is 90.3 Å².